The van der Waals surface area contributed by atoms with Crippen molar-refractivity contribution in [3.8, 4) is 0 Å². The summed E-state index contributed by atoms with van der Waals surface area (Å²) >= 11 is 0. The Hall–Kier alpha value is -1.98. The third-order valence-electron chi connectivity index (χ3n) is 2.82. The Morgan fingerprint density at radius 1 is 1.56 bits per heavy atom. The lowest BCUT2D eigenvalue weighted by molar-refractivity contribution is 0.0528. The molecule has 2 heterocycles. The Labute approximate surface area is 105 Å². The zero-order valence-electron chi connectivity index (χ0n) is 10.5. The summed E-state index contributed by atoms with van der Waals surface area (Å²) in [6, 6.07) is 0. The summed E-state index contributed by atoms with van der Waals surface area (Å²) in [6.45, 7) is 3.71. The maximum Gasteiger partial charge on any atom is 0.340 e. The van der Waals surface area contributed by atoms with Crippen LogP contribution in [-0.4, -0.2) is 30.0 Å². The fourth-order valence-electron chi connectivity index (χ4n) is 2.04. The molecule has 2 rings (SSSR count). The van der Waals surface area contributed by atoms with E-state index in [0.717, 1.165) is 0 Å². The Morgan fingerprint density at radius 2 is 2.22 bits per heavy atom. The number of fused-ring (bicyclic) bond motifs is 1. The number of nitrogens with one attached hydrogen (secondary N) is 1. The highest BCUT2D eigenvalue weighted by Gasteiger charge is 2.20. The van der Waals surface area contributed by atoms with E-state index in [1.165, 1.54) is 10.8 Å². The number of aromatic nitrogens is 2. The summed E-state index contributed by atoms with van der Waals surface area (Å²) in [5.41, 5.74) is 1.40. The van der Waals surface area contributed by atoms with Crippen LogP contribution in [0.15, 0.2) is 11.0 Å². The van der Waals surface area contributed by atoms with E-state index in [-0.39, 0.29) is 12.2 Å². The molecule has 0 atom stereocenters. The molecule has 0 aliphatic carbocycles. The van der Waals surface area contributed by atoms with Gasteiger partial charge in [-0.15, -0.1) is 0 Å². The number of rotatable bonds is 2. The van der Waals surface area contributed by atoms with Gasteiger partial charge in [0.2, 0.25) is 0 Å². The third kappa shape index (κ3) is 1.74. The number of pyridine rings is 1. The van der Waals surface area contributed by atoms with Crippen molar-refractivity contribution in [2.45, 2.75) is 13.8 Å². The molecule has 0 fully saturated rings. The van der Waals surface area contributed by atoms with Gasteiger partial charge in [-0.3, -0.25) is 4.79 Å². The maximum absolute atomic E-state index is 12.0. The van der Waals surface area contributed by atoms with Gasteiger partial charge in [-0.2, -0.15) is 0 Å². The van der Waals surface area contributed by atoms with Crippen molar-refractivity contribution in [3.05, 3.63) is 27.8 Å². The summed E-state index contributed by atoms with van der Waals surface area (Å²) in [5.74, 6) is -0.471. The number of aromatic amines is 1. The quantitative estimate of drug-likeness (QED) is 0.603. The molecule has 1 N–H and O–H groups in total. The predicted molar refractivity (Wildman–Crippen MR) is 69.6 cm³/mol. The van der Waals surface area contributed by atoms with E-state index in [2.05, 4.69) is 4.98 Å². The van der Waals surface area contributed by atoms with Crippen molar-refractivity contribution in [2.24, 2.45) is 7.05 Å². The van der Waals surface area contributed by atoms with Crippen LogP contribution in [0.1, 0.15) is 23.0 Å². The minimum atomic E-state index is -0.471. The molecule has 0 amide bonds. The number of carbonyl (C=O) groups is 1. The number of hydrogen-bond donors (Lipinski definition) is 1. The average Bonchev–Trinajstić information content (AvgIpc) is 2.64. The van der Waals surface area contributed by atoms with Crippen molar-refractivity contribution in [1.82, 2.24) is 9.55 Å². The van der Waals surface area contributed by atoms with Crippen LogP contribution in [0.5, 0.6) is 0 Å². The molecule has 18 heavy (non-hydrogen) atoms. The second kappa shape index (κ2) is 4.36. The molecule has 0 saturated heterocycles. The molecular weight excluding hydrogens is 231 g/mol. The van der Waals surface area contributed by atoms with E-state index in [9.17, 15) is 9.59 Å². The maximum atomic E-state index is 12.0. The standard InChI is InChI=1S/C12H13BN2O3/c1-4-18-12(17)8-6(2)14-10-9(8)7(13)5-15(3)11(10)16/h5,14H,4H2,1-3H3. The third-order valence-corrected chi connectivity index (χ3v) is 2.82. The minimum absolute atomic E-state index is 0.224. The molecule has 0 aromatic carbocycles. The van der Waals surface area contributed by atoms with E-state index in [4.69, 9.17) is 12.6 Å². The first-order valence-electron chi connectivity index (χ1n) is 5.61. The van der Waals surface area contributed by atoms with Gasteiger partial charge in [0.25, 0.3) is 5.56 Å². The smallest absolute Gasteiger partial charge is 0.340 e. The van der Waals surface area contributed by atoms with Crippen LogP contribution in [0.4, 0.5) is 0 Å². The Morgan fingerprint density at radius 3 is 2.83 bits per heavy atom. The zero-order chi connectivity index (χ0) is 13.4. The highest BCUT2D eigenvalue weighted by molar-refractivity contribution is 6.40. The van der Waals surface area contributed by atoms with E-state index in [0.29, 0.717) is 27.6 Å². The number of H-pyrrole nitrogens is 1. The predicted octanol–water partition coefficient (Wildman–Crippen LogP) is 0.146. The van der Waals surface area contributed by atoms with Crippen LogP contribution in [0.2, 0.25) is 0 Å². The summed E-state index contributed by atoms with van der Waals surface area (Å²) in [4.78, 5) is 26.7. The summed E-state index contributed by atoms with van der Waals surface area (Å²) in [5, 5.41) is 0.439. The van der Waals surface area contributed by atoms with Crippen molar-refractivity contribution in [1.29, 1.82) is 0 Å². The lowest BCUT2D eigenvalue weighted by atomic mass is 9.92. The fraction of sp³-hybridized carbons (Fsp3) is 0.333. The molecule has 6 heteroatoms. The number of esters is 1. The van der Waals surface area contributed by atoms with Crippen LogP contribution in [-0.2, 0) is 11.8 Å². The SMILES string of the molecule is [B]c1cn(C)c(=O)c2[nH]c(C)c(C(=O)OCC)c12. The topological polar surface area (TPSA) is 64.1 Å². The molecule has 0 aliphatic heterocycles. The second-order valence-corrected chi connectivity index (χ2v) is 4.10. The van der Waals surface area contributed by atoms with Gasteiger partial charge in [-0.05, 0) is 13.8 Å². The highest BCUT2D eigenvalue weighted by Crippen LogP contribution is 2.18. The molecule has 5 nitrogen and oxygen atoms in total. The van der Waals surface area contributed by atoms with Crippen LogP contribution in [0, 0.1) is 6.92 Å². The summed E-state index contributed by atoms with van der Waals surface area (Å²) < 4.78 is 6.35. The van der Waals surface area contributed by atoms with Gasteiger partial charge in [0.15, 0.2) is 0 Å². The highest BCUT2D eigenvalue weighted by atomic mass is 16.5. The molecule has 0 spiro atoms. The first-order valence-corrected chi connectivity index (χ1v) is 5.61. The van der Waals surface area contributed by atoms with Gasteiger partial charge in [-0.25, -0.2) is 4.79 Å². The largest absolute Gasteiger partial charge is 0.462 e. The number of aryl methyl sites for hydroxylation is 2. The molecular formula is C12H13BN2O3. The van der Waals surface area contributed by atoms with Gasteiger partial charge in [-0.1, -0.05) is 5.46 Å². The molecule has 2 aromatic rings. The number of carbonyl (C=O) groups excluding carboxylic acids is 1. The lowest BCUT2D eigenvalue weighted by Crippen LogP contribution is -2.23. The van der Waals surface area contributed by atoms with Crippen molar-refractivity contribution in [2.75, 3.05) is 6.61 Å². The minimum Gasteiger partial charge on any atom is -0.462 e. The van der Waals surface area contributed by atoms with Crippen molar-refractivity contribution < 1.29 is 9.53 Å². The Kier molecular flexibility index (Phi) is 3.03. The number of hydrogen-bond acceptors (Lipinski definition) is 3. The van der Waals surface area contributed by atoms with Gasteiger partial charge in [0.05, 0.1) is 12.2 Å². The Balaban J connectivity index is 2.83. The molecule has 0 saturated carbocycles. The van der Waals surface area contributed by atoms with E-state index in [1.807, 2.05) is 0 Å². The summed E-state index contributed by atoms with van der Waals surface area (Å²) in [6.07, 6.45) is 1.50. The molecule has 0 aliphatic rings. The van der Waals surface area contributed by atoms with E-state index < -0.39 is 5.97 Å². The van der Waals surface area contributed by atoms with Crippen LogP contribution >= 0.6 is 0 Å². The number of ether oxygens (including phenoxy) is 1. The first-order chi connectivity index (χ1) is 8.47. The normalized spacial score (nSPS) is 10.8. The zero-order valence-corrected chi connectivity index (χ0v) is 10.5. The Bertz CT molecular complexity index is 685. The summed E-state index contributed by atoms with van der Waals surface area (Å²) in [7, 11) is 7.50. The molecule has 2 radical (unpaired) electrons. The lowest BCUT2D eigenvalue weighted by Gasteiger charge is -2.05. The first kappa shape index (κ1) is 12.5. The molecule has 2 aromatic heterocycles. The van der Waals surface area contributed by atoms with Crippen LogP contribution in [0.3, 0.4) is 0 Å². The fourth-order valence-corrected chi connectivity index (χ4v) is 2.04. The molecule has 0 bridgehead atoms. The van der Waals surface area contributed by atoms with Gasteiger partial charge >= 0.3 is 5.97 Å². The van der Waals surface area contributed by atoms with Crippen LogP contribution < -0.4 is 11.0 Å². The monoisotopic (exact) mass is 244 g/mol. The van der Waals surface area contributed by atoms with Crippen molar-refractivity contribution in [3.63, 3.8) is 0 Å². The molecule has 92 valence electrons. The van der Waals surface area contributed by atoms with E-state index in [1.54, 1.807) is 20.9 Å². The molecule has 0 unspecified atom stereocenters. The van der Waals surface area contributed by atoms with Crippen molar-refractivity contribution >= 4 is 30.2 Å². The van der Waals surface area contributed by atoms with E-state index >= 15 is 0 Å². The second-order valence-electron chi connectivity index (χ2n) is 4.10. The van der Waals surface area contributed by atoms with Gasteiger partial charge in [0, 0.05) is 24.3 Å². The van der Waals surface area contributed by atoms with Gasteiger partial charge in [0.1, 0.15) is 13.4 Å². The average molecular weight is 244 g/mol. The van der Waals surface area contributed by atoms with Gasteiger partial charge < -0.3 is 14.3 Å². The number of nitrogens with zero attached hydrogens (tertiary/aromatic N) is 1. The van der Waals surface area contributed by atoms with Crippen LogP contribution in [0.25, 0.3) is 10.9 Å².